The molecule has 0 fully saturated rings. The van der Waals surface area contributed by atoms with Crippen molar-refractivity contribution in [3.8, 4) is 0 Å². The molecule has 1 aromatic heterocycles. The van der Waals surface area contributed by atoms with Gasteiger partial charge in [0, 0.05) is 6.54 Å². The predicted octanol–water partition coefficient (Wildman–Crippen LogP) is 1.34. The number of hydrogen-bond donors (Lipinski definition) is 2. The van der Waals surface area contributed by atoms with Crippen LogP contribution >= 0.6 is 0 Å². The number of nitrogens with zero attached hydrogens (tertiary/aromatic N) is 3. The highest BCUT2D eigenvalue weighted by Gasteiger charge is 2.08. The van der Waals surface area contributed by atoms with Crippen LogP contribution in [-0.4, -0.2) is 40.1 Å². The third kappa shape index (κ3) is 5.67. The summed E-state index contributed by atoms with van der Waals surface area (Å²) < 4.78 is 18.8. The van der Waals surface area contributed by atoms with Gasteiger partial charge in [-0.3, -0.25) is 10.1 Å². The highest BCUT2D eigenvalue weighted by atomic mass is 19.1. The average Bonchev–Trinajstić information content (AvgIpc) is 2.96. The first-order valence-electron chi connectivity index (χ1n) is 7.42. The molecule has 0 bridgehead atoms. The zero-order chi connectivity index (χ0) is 17.4. The summed E-state index contributed by atoms with van der Waals surface area (Å²) in [6.45, 7) is 2.33. The maximum atomic E-state index is 12.8. The molecule has 0 radical (unpaired) electrons. The largest absolute Gasteiger partial charge is 0.450 e. The monoisotopic (exact) mass is 335 g/mol. The molecule has 0 aliphatic heterocycles. The molecule has 2 rings (SSSR count). The summed E-state index contributed by atoms with van der Waals surface area (Å²) in [5, 5.41) is 12.6. The van der Waals surface area contributed by atoms with Crippen molar-refractivity contribution in [1.29, 1.82) is 0 Å². The van der Waals surface area contributed by atoms with E-state index < -0.39 is 6.09 Å². The number of aromatic nitrogens is 3. The standard InChI is InChI=1S/C15H18FN5O3/c1-2-24-15(23)18-13-9-21(20-19-13)10-14(22)17-8-7-11-3-5-12(16)6-4-11/h3-6,9H,2,7-8,10H2,1H3,(H,17,22)(H,18,23). The third-order valence-corrected chi connectivity index (χ3v) is 3.00. The van der Waals surface area contributed by atoms with Gasteiger partial charge in [-0.1, -0.05) is 17.3 Å². The molecule has 0 atom stereocenters. The van der Waals surface area contributed by atoms with E-state index in [0.29, 0.717) is 13.0 Å². The van der Waals surface area contributed by atoms with Gasteiger partial charge in [0.25, 0.3) is 0 Å². The molecule has 0 saturated carbocycles. The molecule has 2 aromatic rings. The highest BCUT2D eigenvalue weighted by molar-refractivity contribution is 5.83. The maximum absolute atomic E-state index is 12.8. The highest BCUT2D eigenvalue weighted by Crippen LogP contribution is 2.03. The first-order chi connectivity index (χ1) is 11.6. The van der Waals surface area contributed by atoms with E-state index in [9.17, 15) is 14.0 Å². The maximum Gasteiger partial charge on any atom is 0.412 e. The van der Waals surface area contributed by atoms with Gasteiger partial charge >= 0.3 is 6.09 Å². The van der Waals surface area contributed by atoms with Crippen LogP contribution in [0.1, 0.15) is 12.5 Å². The van der Waals surface area contributed by atoms with E-state index in [0.717, 1.165) is 5.56 Å². The lowest BCUT2D eigenvalue weighted by Gasteiger charge is -2.05. The summed E-state index contributed by atoms with van der Waals surface area (Å²) in [7, 11) is 0. The Morgan fingerprint density at radius 3 is 2.75 bits per heavy atom. The average molecular weight is 335 g/mol. The SMILES string of the molecule is CCOC(=O)Nc1cn(CC(=O)NCCc2ccc(F)cc2)nn1. The zero-order valence-electron chi connectivity index (χ0n) is 13.2. The van der Waals surface area contributed by atoms with Gasteiger partial charge in [-0.15, -0.1) is 5.10 Å². The Balaban J connectivity index is 1.73. The number of ether oxygens (including phenoxy) is 1. The summed E-state index contributed by atoms with van der Waals surface area (Å²) >= 11 is 0. The number of anilines is 1. The van der Waals surface area contributed by atoms with Crippen molar-refractivity contribution < 1.29 is 18.7 Å². The molecule has 24 heavy (non-hydrogen) atoms. The second-order valence-electron chi connectivity index (χ2n) is 4.87. The number of amides is 2. The van der Waals surface area contributed by atoms with Gasteiger partial charge in [-0.2, -0.15) is 0 Å². The van der Waals surface area contributed by atoms with E-state index in [-0.39, 0.29) is 30.7 Å². The van der Waals surface area contributed by atoms with Gasteiger partial charge in [0.15, 0.2) is 5.82 Å². The molecular weight excluding hydrogens is 317 g/mol. The first-order valence-corrected chi connectivity index (χ1v) is 7.42. The smallest absolute Gasteiger partial charge is 0.412 e. The summed E-state index contributed by atoms with van der Waals surface area (Å²) in [6.07, 6.45) is 1.39. The molecule has 0 aliphatic rings. The van der Waals surface area contributed by atoms with Gasteiger partial charge < -0.3 is 10.1 Å². The molecule has 1 aromatic carbocycles. The second kappa shape index (κ2) is 8.61. The molecule has 0 spiro atoms. The predicted molar refractivity (Wildman–Crippen MR) is 83.8 cm³/mol. The number of hydrogen-bond acceptors (Lipinski definition) is 5. The molecule has 1 heterocycles. The van der Waals surface area contributed by atoms with Crippen LogP contribution in [0.3, 0.4) is 0 Å². The molecular formula is C15H18FN5O3. The Kier molecular flexibility index (Phi) is 6.23. The Hall–Kier alpha value is -2.97. The summed E-state index contributed by atoms with van der Waals surface area (Å²) in [4.78, 5) is 23.0. The molecule has 8 nitrogen and oxygen atoms in total. The lowest BCUT2D eigenvalue weighted by molar-refractivity contribution is -0.121. The van der Waals surface area contributed by atoms with Crippen LogP contribution in [0.4, 0.5) is 15.0 Å². The third-order valence-electron chi connectivity index (χ3n) is 3.00. The van der Waals surface area contributed by atoms with Gasteiger partial charge in [0.1, 0.15) is 12.4 Å². The minimum Gasteiger partial charge on any atom is -0.450 e. The Labute approximate surface area is 138 Å². The fraction of sp³-hybridized carbons (Fsp3) is 0.333. The van der Waals surface area contributed by atoms with E-state index in [1.807, 2.05) is 0 Å². The number of rotatable bonds is 7. The van der Waals surface area contributed by atoms with Gasteiger partial charge in [0.2, 0.25) is 5.91 Å². The molecule has 9 heteroatoms. The Bertz CT molecular complexity index is 687. The van der Waals surface area contributed by atoms with Crippen LogP contribution < -0.4 is 10.6 Å². The topological polar surface area (TPSA) is 98.1 Å². The lowest BCUT2D eigenvalue weighted by atomic mass is 10.1. The first kappa shape index (κ1) is 17.4. The fourth-order valence-corrected chi connectivity index (χ4v) is 1.91. The van der Waals surface area contributed by atoms with Crippen LogP contribution in [0.15, 0.2) is 30.5 Å². The van der Waals surface area contributed by atoms with Crippen LogP contribution in [0.25, 0.3) is 0 Å². The molecule has 2 N–H and O–H groups in total. The number of carbonyl (C=O) groups excluding carboxylic acids is 2. The van der Waals surface area contributed by atoms with Crippen molar-refractivity contribution >= 4 is 17.8 Å². The van der Waals surface area contributed by atoms with E-state index in [1.54, 1.807) is 19.1 Å². The molecule has 128 valence electrons. The fourth-order valence-electron chi connectivity index (χ4n) is 1.91. The van der Waals surface area contributed by atoms with Crippen LogP contribution in [-0.2, 0) is 22.5 Å². The molecule has 2 amide bonds. The van der Waals surface area contributed by atoms with Crippen molar-refractivity contribution in [2.24, 2.45) is 0 Å². The molecule has 0 unspecified atom stereocenters. The molecule has 0 saturated heterocycles. The van der Waals surface area contributed by atoms with Gasteiger partial charge in [0.05, 0.1) is 12.8 Å². The van der Waals surface area contributed by atoms with E-state index in [2.05, 4.69) is 20.9 Å². The summed E-state index contributed by atoms with van der Waals surface area (Å²) in [5.41, 5.74) is 0.929. The lowest BCUT2D eigenvalue weighted by Crippen LogP contribution is -2.29. The minimum absolute atomic E-state index is 0.0269. The van der Waals surface area contributed by atoms with Crippen molar-refractivity contribution in [2.75, 3.05) is 18.5 Å². The summed E-state index contributed by atoms with van der Waals surface area (Å²) in [5.74, 6) is -0.335. The van der Waals surface area contributed by atoms with Crippen molar-refractivity contribution in [3.05, 3.63) is 41.8 Å². The van der Waals surface area contributed by atoms with Gasteiger partial charge in [-0.05, 0) is 31.0 Å². The number of carbonyl (C=O) groups is 2. The van der Waals surface area contributed by atoms with Crippen LogP contribution in [0.2, 0.25) is 0 Å². The molecule has 0 aliphatic carbocycles. The zero-order valence-corrected chi connectivity index (χ0v) is 13.2. The number of benzene rings is 1. The minimum atomic E-state index is -0.631. The normalized spacial score (nSPS) is 10.2. The van der Waals surface area contributed by atoms with E-state index in [4.69, 9.17) is 4.74 Å². The van der Waals surface area contributed by atoms with Crippen molar-refractivity contribution in [1.82, 2.24) is 20.3 Å². The van der Waals surface area contributed by atoms with E-state index >= 15 is 0 Å². The van der Waals surface area contributed by atoms with Crippen molar-refractivity contribution in [3.63, 3.8) is 0 Å². The van der Waals surface area contributed by atoms with Crippen LogP contribution in [0, 0.1) is 5.82 Å². The van der Waals surface area contributed by atoms with Crippen LogP contribution in [0.5, 0.6) is 0 Å². The number of nitrogens with one attached hydrogen (secondary N) is 2. The van der Waals surface area contributed by atoms with Gasteiger partial charge in [-0.25, -0.2) is 13.9 Å². The van der Waals surface area contributed by atoms with Crippen molar-refractivity contribution in [2.45, 2.75) is 19.9 Å². The quantitative estimate of drug-likeness (QED) is 0.796. The van der Waals surface area contributed by atoms with E-state index in [1.165, 1.54) is 23.0 Å². The Morgan fingerprint density at radius 1 is 1.29 bits per heavy atom. The second-order valence-corrected chi connectivity index (χ2v) is 4.87. The Morgan fingerprint density at radius 2 is 2.04 bits per heavy atom. The number of halogens is 1. The summed E-state index contributed by atoms with van der Waals surface area (Å²) in [6, 6.07) is 6.10.